The molecule has 3 aliphatic rings. The van der Waals surface area contributed by atoms with Gasteiger partial charge in [-0.05, 0) is 19.8 Å². The number of hydrogen-bond acceptors (Lipinski definition) is 6. The van der Waals surface area contributed by atoms with Gasteiger partial charge in [-0.2, -0.15) is 11.8 Å². The summed E-state index contributed by atoms with van der Waals surface area (Å²) in [6.45, 7) is 7.21. The third kappa shape index (κ3) is 6.86. The number of sulfonamides is 1. The number of morpholine rings is 1. The summed E-state index contributed by atoms with van der Waals surface area (Å²) in [4.78, 5) is 6.77. The molecular formula is C17H33IN4O4S2. The lowest BCUT2D eigenvalue weighted by molar-refractivity contribution is -0.0816. The average molecular weight is 549 g/mol. The lowest BCUT2D eigenvalue weighted by atomic mass is 10.1. The Bertz CT molecular complexity index is 596. The van der Waals surface area contributed by atoms with Crippen LogP contribution in [0.15, 0.2) is 4.99 Å². The number of rotatable bonds is 6. The Morgan fingerprint density at radius 1 is 1.18 bits per heavy atom. The van der Waals surface area contributed by atoms with Gasteiger partial charge in [-0.3, -0.25) is 4.99 Å². The van der Waals surface area contributed by atoms with E-state index in [1.807, 2.05) is 6.92 Å². The van der Waals surface area contributed by atoms with Gasteiger partial charge in [-0.1, -0.05) is 0 Å². The Hall–Kier alpha value is 0.180. The molecule has 0 aliphatic carbocycles. The molecule has 2 atom stereocenters. The first-order valence-electron chi connectivity index (χ1n) is 9.92. The molecule has 8 nitrogen and oxygen atoms in total. The lowest BCUT2D eigenvalue weighted by Gasteiger charge is -2.37. The highest BCUT2D eigenvalue weighted by molar-refractivity contribution is 14.0. The second-order valence-electron chi connectivity index (χ2n) is 6.97. The van der Waals surface area contributed by atoms with Gasteiger partial charge in [0.2, 0.25) is 10.0 Å². The zero-order valence-electron chi connectivity index (χ0n) is 16.5. The van der Waals surface area contributed by atoms with E-state index < -0.39 is 10.0 Å². The maximum absolute atomic E-state index is 12.5. The van der Waals surface area contributed by atoms with Crippen LogP contribution in [0.5, 0.6) is 0 Å². The molecule has 3 saturated heterocycles. The Kier molecular flexibility index (Phi) is 10.6. The van der Waals surface area contributed by atoms with Gasteiger partial charge >= 0.3 is 0 Å². The second kappa shape index (κ2) is 12.1. The summed E-state index contributed by atoms with van der Waals surface area (Å²) in [6, 6.07) is 0. The highest BCUT2D eigenvalue weighted by Gasteiger charge is 2.32. The van der Waals surface area contributed by atoms with E-state index in [9.17, 15) is 8.42 Å². The predicted octanol–water partition coefficient (Wildman–Crippen LogP) is 0.828. The predicted molar refractivity (Wildman–Crippen MR) is 124 cm³/mol. The topological polar surface area (TPSA) is 83.5 Å². The van der Waals surface area contributed by atoms with Crippen LogP contribution < -0.4 is 5.32 Å². The van der Waals surface area contributed by atoms with Gasteiger partial charge in [0.25, 0.3) is 0 Å². The molecule has 28 heavy (non-hydrogen) atoms. The minimum absolute atomic E-state index is 0. The first-order chi connectivity index (χ1) is 13.1. The van der Waals surface area contributed by atoms with Gasteiger partial charge < -0.3 is 19.7 Å². The van der Waals surface area contributed by atoms with E-state index in [2.05, 4.69) is 15.2 Å². The fourth-order valence-electron chi connectivity index (χ4n) is 3.64. The number of thioether (sulfide) groups is 1. The highest BCUT2D eigenvalue weighted by Crippen LogP contribution is 2.21. The van der Waals surface area contributed by atoms with Crippen molar-refractivity contribution in [3.8, 4) is 0 Å². The van der Waals surface area contributed by atoms with E-state index in [-0.39, 0.29) is 48.5 Å². The van der Waals surface area contributed by atoms with E-state index in [0.717, 1.165) is 56.5 Å². The molecule has 0 aromatic carbocycles. The van der Waals surface area contributed by atoms with E-state index in [4.69, 9.17) is 9.47 Å². The molecule has 3 fully saturated rings. The summed E-state index contributed by atoms with van der Waals surface area (Å²) in [6.07, 6.45) is 2.34. The molecule has 0 saturated carbocycles. The summed E-state index contributed by atoms with van der Waals surface area (Å²) < 4.78 is 38.3. The van der Waals surface area contributed by atoms with Crippen molar-refractivity contribution in [2.24, 2.45) is 4.99 Å². The number of hydrogen-bond donors (Lipinski definition) is 1. The quantitative estimate of drug-likeness (QED) is 0.299. The molecule has 0 bridgehead atoms. The Balaban J connectivity index is 0.00000280. The van der Waals surface area contributed by atoms with Crippen molar-refractivity contribution in [1.82, 2.24) is 14.5 Å². The fraction of sp³-hybridized carbons (Fsp3) is 0.941. The maximum Gasteiger partial charge on any atom is 0.215 e. The van der Waals surface area contributed by atoms with Crippen LogP contribution in [0, 0.1) is 0 Å². The van der Waals surface area contributed by atoms with Crippen LogP contribution in [0.1, 0.15) is 19.8 Å². The zero-order chi connectivity index (χ0) is 19.1. The molecule has 0 radical (unpaired) electrons. The number of nitrogens with zero attached hydrogens (tertiary/aromatic N) is 3. The number of ether oxygens (including phenoxy) is 2. The Morgan fingerprint density at radius 3 is 2.61 bits per heavy atom. The minimum Gasteiger partial charge on any atom is -0.375 e. The third-order valence-corrected chi connectivity index (χ3v) is 7.87. The van der Waals surface area contributed by atoms with Crippen LogP contribution in [-0.4, -0.2) is 106 Å². The first-order valence-corrected chi connectivity index (χ1v) is 12.7. The van der Waals surface area contributed by atoms with Gasteiger partial charge in [-0.15, -0.1) is 24.0 Å². The second-order valence-corrected chi connectivity index (χ2v) is 10.3. The summed E-state index contributed by atoms with van der Waals surface area (Å²) >= 11 is 1.81. The van der Waals surface area contributed by atoms with Crippen molar-refractivity contribution in [3.05, 3.63) is 0 Å². The molecule has 0 amide bonds. The van der Waals surface area contributed by atoms with E-state index >= 15 is 0 Å². The van der Waals surface area contributed by atoms with Gasteiger partial charge in [0.1, 0.15) is 6.10 Å². The van der Waals surface area contributed by atoms with Crippen LogP contribution in [0.4, 0.5) is 0 Å². The monoisotopic (exact) mass is 548 g/mol. The molecule has 2 unspecified atom stereocenters. The van der Waals surface area contributed by atoms with E-state index in [0.29, 0.717) is 19.7 Å². The van der Waals surface area contributed by atoms with Crippen LogP contribution in [-0.2, 0) is 19.5 Å². The molecule has 3 rings (SSSR count). The lowest BCUT2D eigenvalue weighted by Crippen LogP contribution is -2.53. The van der Waals surface area contributed by atoms with Gasteiger partial charge in [0.05, 0.1) is 25.0 Å². The fourth-order valence-corrected chi connectivity index (χ4v) is 6.09. The number of nitrogens with one attached hydrogen (secondary N) is 1. The SMILES string of the molecule is CCNC(=NCCS(=O)(=O)N1CCSCC1)N1CCOC(C2CCCO2)C1.I. The molecule has 3 aliphatic heterocycles. The van der Waals surface area contributed by atoms with E-state index in [1.165, 1.54) is 0 Å². The van der Waals surface area contributed by atoms with Crippen LogP contribution in [0.2, 0.25) is 0 Å². The first kappa shape index (κ1) is 24.4. The highest BCUT2D eigenvalue weighted by atomic mass is 127. The van der Waals surface area contributed by atoms with Crippen molar-refractivity contribution in [1.29, 1.82) is 0 Å². The summed E-state index contributed by atoms with van der Waals surface area (Å²) in [7, 11) is -3.23. The molecule has 0 aromatic rings. The Labute approximate surface area is 190 Å². The van der Waals surface area contributed by atoms with Gasteiger partial charge in [0, 0.05) is 50.8 Å². The smallest absolute Gasteiger partial charge is 0.215 e. The number of guanidine groups is 1. The van der Waals surface area contributed by atoms with Crippen molar-refractivity contribution in [2.75, 3.05) is 69.7 Å². The summed E-state index contributed by atoms with van der Waals surface area (Å²) in [5, 5.41) is 3.30. The molecule has 3 heterocycles. The molecular weight excluding hydrogens is 515 g/mol. The maximum atomic E-state index is 12.5. The largest absolute Gasteiger partial charge is 0.375 e. The van der Waals surface area contributed by atoms with Crippen molar-refractivity contribution in [3.63, 3.8) is 0 Å². The molecule has 0 spiro atoms. The van der Waals surface area contributed by atoms with Gasteiger partial charge in [0.15, 0.2) is 5.96 Å². The normalized spacial score (nSPS) is 27.5. The van der Waals surface area contributed by atoms with Crippen molar-refractivity contribution in [2.45, 2.75) is 32.0 Å². The summed E-state index contributed by atoms with van der Waals surface area (Å²) in [5.41, 5.74) is 0. The summed E-state index contributed by atoms with van der Waals surface area (Å²) in [5.74, 6) is 2.59. The van der Waals surface area contributed by atoms with Crippen LogP contribution >= 0.6 is 35.7 Å². The molecule has 1 N–H and O–H groups in total. The molecule has 164 valence electrons. The zero-order valence-corrected chi connectivity index (χ0v) is 20.5. The van der Waals surface area contributed by atoms with Gasteiger partial charge in [-0.25, -0.2) is 12.7 Å². The molecule has 0 aromatic heterocycles. The number of aliphatic imine (C=N–C) groups is 1. The van der Waals surface area contributed by atoms with Crippen molar-refractivity contribution < 1.29 is 17.9 Å². The Morgan fingerprint density at radius 2 is 1.93 bits per heavy atom. The standard InChI is InChI=1S/C17H32N4O4S2.HI/c1-2-18-17(19-5-13-27(22,23)21-7-11-26-12-8-21)20-6-10-25-16(14-20)15-4-3-9-24-15;/h15-16H,2-14H2,1H3,(H,18,19);1H. The van der Waals surface area contributed by atoms with Crippen LogP contribution in [0.3, 0.4) is 0 Å². The molecule has 11 heteroatoms. The van der Waals surface area contributed by atoms with Crippen LogP contribution in [0.25, 0.3) is 0 Å². The average Bonchev–Trinajstić information content (AvgIpc) is 3.23. The minimum atomic E-state index is -3.23. The van der Waals surface area contributed by atoms with E-state index in [1.54, 1.807) is 16.1 Å². The third-order valence-electron chi connectivity index (χ3n) is 5.08. The van der Waals surface area contributed by atoms with Crippen molar-refractivity contribution >= 4 is 51.7 Å². The number of halogens is 1.